The Hall–Kier alpha value is -3.35. The zero-order chi connectivity index (χ0) is 19.1. The van der Waals surface area contributed by atoms with E-state index in [4.69, 9.17) is 5.11 Å². The van der Waals surface area contributed by atoms with Gasteiger partial charge in [-0.25, -0.2) is 4.79 Å². The number of carboxylic acids is 2. The molecule has 0 aromatic heterocycles. The van der Waals surface area contributed by atoms with Crippen LogP contribution in [0.25, 0.3) is 0 Å². The number of amides is 1. The van der Waals surface area contributed by atoms with Crippen LogP contribution in [0.5, 0.6) is 5.75 Å². The van der Waals surface area contributed by atoms with Gasteiger partial charge in [-0.3, -0.25) is 9.59 Å². The van der Waals surface area contributed by atoms with E-state index in [1.807, 2.05) is 0 Å². The number of nitrogens with one attached hydrogen (secondary N) is 1. The predicted molar refractivity (Wildman–Crippen MR) is 93.1 cm³/mol. The number of aromatic hydroxyl groups is 1. The molecule has 1 amide bonds. The summed E-state index contributed by atoms with van der Waals surface area (Å²) in [6.07, 6.45) is 0.522. The predicted octanol–water partition coefficient (Wildman–Crippen LogP) is 1.84. The molecule has 2 aromatic carbocycles. The van der Waals surface area contributed by atoms with Crippen LogP contribution in [-0.2, 0) is 22.4 Å². The third-order valence-electron chi connectivity index (χ3n) is 3.82. The molecule has 1 atom stereocenters. The molecule has 2 rings (SSSR count). The highest BCUT2D eigenvalue weighted by molar-refractivity contribution is 5.96. The van der Waals surface area contributed by atoms with Gasteiger partial charge in [0.2, 0.25) is 0 Å². The molecule has 0 aliphatic heterocycles. The number of phenols is 1. The molecule has 0 spiro atoms. The van der Waals surface area contributed by atoms with E-state index in [0.29, 0.717) is 12.0 Å². The van der Waals surface area contributed by atoms with Gasteiger partial charge in [-0.1, -0.05) is 24.3 Å². The number of carbonyl (C=O) groups excluding carboxylic acids is 1. The van der Waals surface area contributed by atoms with Gasteiger partial charge in [-0.15, -0.1) is 0 Å². The quantitative estimate of drug-likeness (QED) is 0.571. The third-order valence-corrected chi connectivity index (χ3v) is 3.82. The zero-order valence-corrected chi connectivity index (χ0v) is 13.9. The van der Waals surface area contributed by atoms with Crippen LogP contribution >= 0.6 is 0 Å². The molecule has 0 bridgehead atoms. The van der Waals surface area contributed by atoms with Crippen molar-refractivity contribution in [3.63, 3.8) is 0 Å². The Balaban J connectivity index is 2.01. The Morgan fingerprint density at radius 1 is 0.885 bits per heavy atom. The fraction of sp³-hybridized carbons (Fsp3) is 0.211. The van der Waals surface area contributed by atoms with Crippen LogP contribution in [0.3, 0.4) is 0 Å². The van der Waals surface area contributed by atoms with E-state index in [0.717, 1.165) is 5.56 Å². The van der Waals surface area contributed by atoms with Crippen molar-refractivity contribution in [2.45, 2.75) is 25.3 Å². The number of benzene rings is 2. The van der Waals surface area contributed by atoms with E-state index >= 15 is 0 Å². The average Bonchev–Trinajstić information content (AvgIpc) is 2.60. The van der Waals surface area contributed by atoms with Crippen molar-refractivity contribution in [2.75, 3.05) is 0 Å². The monoisotopic (exact) mass is 357 g/mol. The van der Waals surface area contributed by atoms with E-state index in [9.17, 15) is 24.6 Å². The fourth-order valence-electron chi connectivity index (χ4n) is 2.38. The number of aryl methyl sites for hydroxylation is 1. The molecule has 136 valence electrons. The number of phenolic OH excluding ortho intramolecular Hbond substituents is 1. The molecule has 0 aliphatic rings. The molecule has 7 heteroatoms. The molecule has 0 fully saturated rings. The molecule has 7 nitrogen and oxygen atoms in total. The molecule has 0 saturated carbocycles. The molecule has 0 heterocycles. The largest absolute Gasteiger partial charge is 0.508 e. The Morgan fingerprint density at radius 2 is 1.46 bits per heavy atom. The molecule has 2 aromatic rings. The van der Waals surface area contributed by atoms with Crippen LogP contribution < -0.4 is 5.32 Å². The lowest BCUT2D eigenvalue weighted by Crippen LogP contribution is -2.42. The van der Waals surface area contributed by atoms with E-state index in [-0.39, 0.29) is 24.2 Å². The van der Waals surface area contributed by atoms with Gasteiger partial charge in [0.15, 0.2) is 0 Å². The van der Waals surface area contributed by atoms with Crippen molar-refractivity contribution < 1.29 is 29.7 Å². The lowest BCUT2D eigenvalue weighted by atomic mass is 10.0. The smallest absolute Gasteiger partial charge is 0.326 e. The summed E-state index contributed by atoms with van der Waals surface area (Å²) in [6.45, 7) is 0. The summed E-state index contributed by atoms with van der Waals surface area (Å²) in [5.74, 6) is -2.57. The van der Waals surface area contributed by atoms with Gasteiger partial charge < -0.3 is 20.6 Å². The lowest BCUT2D eigenvalue weighted by molar-refractivity contribution is -0.139. The van der Waals surface area contributed by atoms with Crippen molar-refractivity contribution in [1.82, 2.24) is 5.32 Å². The maximum Gasteiger partial charge on any atom is 0.326 e. The first-order chi connectivity index (χ1) is 12.3. The maximum atomic E-state index is 12.2. The van der Waals surface area contributed by atoms with Gasteiger partial charge >= 0.3 is 11.9 Å². The topological polar surface area (TPSA) is 124 Å². The van der Waals surface area contributed by atoms with Gasteiger partial charge in [0.05, 0.1) is 0 Å². The van der Waals surface area contributed by atoms with E-state index < -0.39 is 23.9 Å². The van der Waals surface area contributed by atoms with Crippen molar-refractivity contribution >= 4 is 17.8 Å². The normalized spacial score (nSPS) is 11.5. The fourth-order valence-corrected chi connectivity index (χ4v) is 2.38. The number of hydrogen-bond acceptors (Lipinski definition) is 4. The lowest BCUT2D eigenvalue weighted by Gasteiger charge is -2.15. The van der Waals surface area contributed by atoms with Crippen molar-refractivity contribution in [3.05, 3.63) is 65.2 Å². The maximum absolute atomic E-state index is 12.2. The van der Waals surface area contributed by atoms with E-state index in [1.165, 1.54) is 24.3 Å². The second-order valence-corrected chi connectivity index (χ2v) is 5.83. The van der Waals surface area contributed by atoms with E-state index in [2.05, 4.69) is 5.32 Å². The van der Waals surface area contributed by atoms with Crippen LogP contribution in [0.15, 0.2) is 48.5 Å². The Labute approximate surface area is 149 Å². The number of aliphatic carboxylic acids is 2. The summed E-state index contributed by atoms with van der Waals surface area (Å²) < 4.78 is 0. The Kier molecular flexibility index (Phi) is 6.32. The molecule has 0 saturated heterocycles. The second kappa shape index (κ2) is 8.66. The number of hydrogen-bond donors (Lipinski definition) is 4. The molecule has 0 aliphatic carbocycles. The van der Waals surface area contributed by atoms with Gasteiger partial charge in [-0.2, -0.15) is 0 Å². The SMILES string of the molecule is O=C(O)CCc1ccc(CC(NC(=O)c2ccc(O)cc2)C(=O)O)cc1. The zero-order valence-electron chi connectivity index (χ0n) is 13.9. The molecular formula is C19H19NO6. The standard InChI is InChI=1S/C19H19NO6/c21-15-8-6-14(7-9-15)18(24)20-16(19(25)26)11-13-3-1-12(2-4-13)5-10-17(22)23/h1-4,6-9,16,21H,5,10-11H2,(H,20,24)(H,22,23)(H,25,26). The highest BCUT2D eigenvalue weighted by atomic mass is 16.4. The number of rotatable bonds is 8. The highest BCUT2D eigenvalue weighted by Gasteiger charge is 2.21. The van der Waals surface area contributed by atoms with Crippen LogP contribution in [0.1, 0.15) is 27.9 Å². The van der Waals surface area contributed by atoms with Gasteiger partial charge in [0.25, 0.3) is 5.91 Å². The van der Waals surface area contributed by atoms with Crippen molar-refractivity contribution in [2.24, 2.45) is 0 Å². The Bertz CT molecular complexity index is 783. The van der Waals surface area contributed by atoms with Crippen LogP contribution in [0.4, 0.5) is 0 Å². The van der Waals surface area contributed by atoms with Crippen LogP contribution in [0.2, 0.25) is 0 Å². The van der Waals surface area contributed by atoms with Gasteiger partial charge in [0.1, 0.15) is 11.8 Å². The summed E-state index contributed by atoms with van der Waals surface area (Å²) in [7, 11) is 0. The Morgan fingerprint density at radius 3 is 2.00 bits per heavy atom. The highest BCUT2D eigenvalue weighted by Crippen LogP contribution is 2.12. The van der Waals surface area contributed by atoms with Gasteiger partial charge in [0, 0.05) is 18.4 Å². The van der Waals surface area contributed by atoms with Gasteiger partial charge in [-0.05, 0) is 41.8 Å². The second-order valence-electron chi connectivity index (χ2n) is 5.83. The van der Waals surface area contributed by atoms with Crippen LogP contribution in [0, 0.1) is 0 Å². The molecule has 0 radical (unpaired) electrons. The first-order valence-corrected chi connectivity index (χ1v) is 7.97. The third kappa shape index (κ3) is 5.62. The van der Waals surface area contributed by atoms with E-state index in [1.54, 1.807) is 24.3 Å². The number of carboxylic acid groups (broad SMARTS) is 2. The summed E-state index contributed by atoms with van der Waals surface area (Å²) in [5, 5.41) is 29.7. The molecule has 1 unspecified atom stereocenters. The molecule has 4 N–H and O–H groups in total. The molecule has 26 heavy (non-hydrogen) atoms. The minimum Gasteiger partial charge on any atom is -0.508 e. The number of carbonyl (C=O) groups is 3. The van der Waals surface area contributed by atoms with Crippen molar-refractivity contribution in [3.8, 4) is 5.75 Å². The minimum atomic E-state index is -1.16. The first-order valence-electron chi connectivity index (χ1n) is 7.97. The summed E-state index contributed by atoms with van der Waals surface area (Å²) >= 11 is 0. The summed E-state index contributed by atoms with van der Waals surface area (Å²) in [4.78, 5) is 34.2. The summed E-state index contributed by atoms with van der Waals surface area (Å²) in [6, 6.07) is 11.3. The van der Waals surface area contributed by atoms with Crippen LogP contribution in [-0.4, -0.2) is 39.2 Å². The average molecular weight is 357 g/mol. The van der Waals surface area contributed by atoms with Crippen molar-refractivity contribution in [1.29, 1.82) is 0 Å². The minimum absolute atomic E-state index is 0.0133. The summed E-state index contributed by atoms with van der Waals surface area (Å²) in [5.41, 5.74) is 1.80. The molecular weight excluding hydrogens is 338 g/mol. The first kappa shape index (κ1) is 19.0.